The Morgan fingerprint density at radius 2 is 2.16 bits per heavy atom. The van der Waals surface area contributed by atoms with Gasteiger partial charge in [0.15, 0.2) is 0 Å². The number of nitro benzene ring substituents is 1. The highest BCUT2D eigenvalue weighted by atomic mass is 16.6. The second-order valence-electron chi connectivity index (χ2n) is 5.42. The molecule has 0 radical (unpaired) electrons. The van der Waals surface area contributed by atoms with Crippen molar-refractivity contribution < 1.29 is 4.92 Å². The number of rotatable bonds is 8. The van der Waals surface area contributed by atoms with Crippen LogP contribution in [-0.2, 0) is 6.42 Å². The van der Waals surface area contributed by atoms with Gasteiger partial charge in [0, 0.05) is 17.7 Å². The maximum absolute atomic E-state index is 11.0. The molecule has 0 spiro atoms. The highest BCUT2D eigenvalue weighted by Gasteiger charge is 2.26. The first kappa shape index (κ1) is 14.0. The van der Waals surface area contributed by atoms with Gasteiger partial charge >= 0.3 is 0 Å². The maximum Gasteiger partial charge on any atom is 0.272 e. The number of hydrogen-bond donors (Lipinski definition) is 1. The Morgan fingerprint density at radius 3 is 2.79 bits per heavy atom. The molecule has 1 aliphatic carbocycles. The van der Waals surface area contributed by atoms with E-state index in [1.165, 1.54) is 12.8 Å². The molecule has 4 heteroatoms. The molecule has 1 unspecified atom stereocenters. The third-order valence-electron chi connectivity index (χ3n) is 3.65. The summed E-state index contributed by atoms with van der Waals surface area (Å²) in [5.41, 5.74) is 1.10. The largest absolute Gasteiger partial charge is 0.314 e. The van der Waals surface area contributed by atoms with Crippen LogP contribution in [0.2, 0.25) is 0 Å². The molecule has 4 nitrogen and oxygen atoms in total. The van der Waals surface area contributed by atoms with E-state index in [4.69, 9.17) is 0 Å². The summed E-state index contributed by atoms with van der Waals surface area (Å²) in [5.74, 6) is 0.831. The van der Waals surface area contributed by atoms with Crippen molar-refractivity contribution in [3.63, 3.8) is 0 Å². The minimum atomic E-state index is -0.274. The molecule has 2 rings (SSSR count). The zero-order valence-electron chi connectivity index (χ0n) is 11.5. The summed E-state index contributed by atoms with van der Waals surface area (Å²) in [7, 11) is 0. The Labute approximate surface area is 114 Å². The summed E-state index contributed by atoms with van der Waals surface area (Å²) in [5, 5.41) is 14.6. The highest BCUT2D eigenvalue weighted by Crippen LogP contribution is 2.34. The first-order chi connectivity index (χ1) is 9.20. The number of benzene rings is 1. The van der Waals surface area contributed by atoms with Crippen molar-refractivity contribution in [2.75, 3.05) is 6.54 Å². The molecule has 0 aliphatic heterocycles. The van der Waals surface area contributed by atoms with Gasteiger partial charge in [-0.05, 0) is 31.7 Å². The molecule has 1 N–H and O–H groups in total. The standard InChI is InChI=1S/C15H22N2O2/c1-2-9-16-14(10-12-7-8-12)11-13-5-3-4-6-15(13)17(18)19/h3-6,12,14,16H,2,7-11H2,1H3. The van der Waals surface area contributed by atoms with Crippen LogP contribution in [-0.4, -0.2) is 17.5 Å². The van der Waals surface area contributed by atoms with Gasteiger partial charge in [-0.1, -0.05) is 38.0 Å². The van der Waals surface area contributed by atoms with E-state index in [0.29, 0.717) is 6.04 Å². The Morgan fingerprint density at radius 1 is 1.42 bits per heavy atom. The molecule has 1 aliphatic rings. The van der Waals surface area contributed by atoms with E-state index in [-0.39, 0.29) is 10.6 Å². The Balaban J connectivity index is 2.04. The molecule has 1 saturated carbocycles. The second-order valence-corrected chi connectivity index (χ2v) is 5.42. The highest BCUT2D eigenvalue weighted by molar-refractivity contribution is 5.40. The summed E-state index contributed by atoms with van der Waals surface area (Å²) < 4.78 is 0. The monoisotopic (exact) mass is 262 g/mol. The molecule has 0 aromatic heterocycles. The molecular formula is C15H22N2O2. The normalized spacial score (nSPS) is 16.3. The lowest BCUT2D eigenvalue weighted by molar-refractivity contribution is -0.385. The second kappa shape index (κ2) is 6.66. The lowest BCUT2D eigenvalue weighted by atomic mass is 9.99. The van der Waals surface area contributed by atoms with Crippen molar-refractivity contribution in [3.05, 3.63) is 39.9 Å². The van der Waals surface area contributed by atoms with Gasteiger partial charge in [-0.15, -0.1) is 0 Å². The lowest BCUT2D eigenvalue weighted by Gasteiger charge is -2.18. The smallest absolute Gasteiger partial charge is 0.272 e. The number of nitro groups is 1. The SMILES string of the molecule is CCCNC(Cc1ccccc1[N+](=O)[O-])CC1CC1. The van der Waals surface area contributed by atoms with Crippen molar-refractivity contribution >= 4 is 5.69 Å². The van der Waals surface area contributed by atoms with Crippen LogP contribution < -0.4 is 5.32 Å². The molecule has 0 heterocycles. The van der Waals surface area contributed by atoms with Crippen molar-refractivity contribution in [2.24, 2.45) is 5.92 Å². The van der Waals surface area contributed by atoms with Crippen molar-refractivity contribution in [1.29, 1.82) is 0 Å². The van der Waals surface area contributed by atoms with Gasteiger partial charge in [-0.3, -0.25) is 10.1 Å². The summed E-state index contributed by atoms with van der Waals surface area (Å²) in [6, 6.07) is 7.47. The summed E-state index contributed by atoms with van der Waals surface area (Å²) in [6.07, 6.45) is 5.64. The molecule has 0 amide bonds. The van der Waals surface area contributed by atoms with E-state index in [2.05, 4.69) is 12.2 Å². The van der Waals surface area contributed by atoms with Crippen LogP contribution in [0.4, 0.5) is 5.69 Å². The fraction of sp³-hybridized carbons (Fsp3) is 0.600. The summed E-state index contributed by atoms with van der Waals surface area (Å²) >= 11 is 0. The van der Waals surface area contributed by atoms with Crippen molar-refractivity contribution in [2.45, 2.75) is 45.1 Å². The van der Waals surface area contributed by atoms with Crippen molar-refractivity contribution in [1.82, 2.24) is 5.32 Å². The van der Waals surface area contributed by atoms with Crippen LogP contribution in [0.3, 0.4) is 0 Å². The van der Waals surface area contributed by atoms with Gasteiger partial charge in [0.05, 0.1) is 4.92 Å². The van der Waals surface area contributed by atoms with Crippen LogP contribution >= 0.6 is 0 Å². The van der Waals surface area contributed by atoms with E-state index in [1.54, 1.807) is 12.1 Å². The fourth-order valence-electron chi connectivity index (χ4n) is 2.47. The molecule has 104 valence electrons. The van der Waals surface area contributed by atoms with Gasteiger partial charge in [0.1, 0.15) is 0 Å². The average Bonchev–Trinajstić information content (AvgIpc) is 3.20. The molecule has 1 aromatic carbocycles. The van der Waals surface area contributed by atoms with Gasteiger partial charge in [-0.25, -0.2) is 0 Å². The van der Waals surface area contributed by atoms with Gasteiger partial charge in [0.2, 0.25) is 0 Å². The predicted molar refractivity (Wildman–Crippen MR) is 76.2 cm³/mol. The Kier molecular flexibility index (Phi) is 4.91. The van der Waals surface area contributed by atoms with E-state index >= 15 is 0 Å². The molecule has 19 heavy (non-hydrogen) atoms. The first-order valence-corrected chi connectivity index (χ1v) is 7.16. The number of nitrogens with one attached hydrogen (secondary N) is 1. The molecule has 1 aromatic rings. The minimum Gasteiger partial charge on any atom is -0.314 e. The minimum absolute atomic E-state index is 0.251. The van der Waals surface area contributed by atoms with Crippen LogP contribution in [0.25, 0.3) is 0 Å². The summed E-state index contributed by atoms with van der Waals surface area (Å²) in [6.45, 7) is 3.13. The molecule has 1 fully saturated rings. The third kappa shape index (κ3) is 4.31. The van der Waals surface area contributed by atoms with E-state index in [0.717, 1.165) is 37.3 Å². The third-order valence-corrected chi connectivity index (χ3v) is 3.65. The van der Waals surface area contributed by atoms with E-state index < -0.39 is 0 Å². The van der Waals surface area contributed by atoms with Crippen LogP contribution in [0.15, 0.2) is 24.3 Å². The fourth-order valence-corrected chi connectivity index (χ4v) is 2.47. The number of hydrogen-bond acceptors (Lipinski definition) is 3. The van der Waals surface area contributed by atoms with Gasteiger partial charge in [-0.2, -0.15) is 0 Å². The molecular weight excluding hydrogens is 240 g/mol. The Hall–Kier alpha value is -1.42. The predicted octanol–water partition coefficient (Wildman–Crippen LogP) is 3.31. The van der Waals surface area contributed by atoms with Crippen LogP contribution in [0.5, 0.6) is 0 Å². The summed E-state index contributed by atoms with van der Waals surface area (Å²) in [4.78, 5) is 10.8. The first-order valence-electron chi connectivity index (χ1n) is 7.16. The van der Waals surface area contributed by atoms with Gasteiger partial charge < -0.3 is 5.32 Å². The van der Waals surface area contributed by atoms with E-state index in [1.807, 2.05) is 12.1 Å². The van der Waals surface area contributed by atoms with Gasteiger partial charge in [0.25, 0.3) is 5.69 Å². The van der Waals surface area contributed by atoms with E-state index in [9.17, 15) is 10.1 Å². The maximum atomic E-state index is 11.0. The topological polar surface area (TPSA) is 55.2 Å². The molecule has 1 atom stereocenters. The average molecular weight is 262 g/mol. The quantitative estimate of drug-likeness (QED) is 0.577. The molecule has 0 saturated heterocycles. The molecule has 0 bridgehead atoms. The number of nitrogens with zero attached hydrogens (tertiary/aromatic N) is 1. The number of para-hydroxylation sites is 1. The van der Waals surface area contributed by atoms with Crippen LogP contribution in [0.1, 0.15) is 38.2 Å². The zero-order valence-corrected chi connectivity index (χ0v) is 11.5. The zero-order chi connectivity index (χ0) is 13.7. The van der Waals surface area contributed by atoms with Crippen LogP contribution in [0, 0.1) is 16.0 Å². The lowest BCUT2D eigenvalue weighted by Crippen LogP contribution is -2.32. The Bertz CT molecular complexity index is 430. The van der Waals surface area contributed by atoms with Crippen molar-refractivity contribution in [3.8, 4) is 0 Å².